The number of hydrogen-bond donors (Lipinski definition) is 1. The third-order valence-electron chi connectivity index (χ3n) is 5.52. The molecule has 6 nitrogen and oxygen atoms in total. The molecule has 1 atom stereocenters. The minimum Gasteiger partial charge on any atom is -0.507 e. The second-order valence-corrected chi connectivity index (χ2v) is 9.77. The van der Waals surface area contributed by atoms with Crippen LogP contribution in [-0.2, 0) is 9.59 Å². The van der Waals surface area contributed by atoms with Crippen molar-refractivity contribution < 1.29 is 19.4 Å². The smallest absolute Gasteiger partial charge is 0.295 e. The second kappa shape index (κ2) is 10.5. The molecule has 0 bridgehead atoms. The molecule has 1 N–H and O–H groups in total. The lowest BCUT2D eigenvalue weighted by atomic mass is 9.94. The Morgan fingerprint density at radius 3 is 2.52 bits per heavy atom. The summed E-state index contributed by atoms with van der Waals surface area (Å²) in [6.45, 7) is 6.98. The average molecular weight is 515 g/mol. The summed E-state index contributed by atoms with van der Waals surface area (Å²) in [4.78, 5) is 29.8. The third-order valence-corrected chi connectivity index (χ3v) is 6.01. The molecule has 33 heavy (non-hydrogen) atoms. The molecule has 1 amide bonds. The number of aliphatic hydroxyl groups excluding tert-OH is 1. The highest BCUT2D eigenvalue weighted by Gasteiger charge is 2.45. The first kappa shape index (κ1) is 25.0. The van der Waals surface area contributed by atoms with E-state index in [1.807, 2.05) is 64.0 Å². The van der Waals surface area contributed by atoms with Crippen LogP contribution in [0, 0.1) is 6.92 Å². The van der Waals surface area contributed by atoms with Crippen LogP contribution in [0.1, 0.15) is 43.0 Å². The van der Waals surface area contributed by atoms with Crippen LogP contribution in [0.2, 0.25) is 0 Å². The standard InChI is InChI=1S/C26H31BrN2O4/c1-16(2)33-21-11-10-19(14-17(21)3)24(30)22-23(18-8-6-9-20(27)15-18)29(26(32)25(22)31)13-7-12-28(4)5/h6,8-11,14-16,23,30H,7,12-13H2,1-5H3/b24-22+/t23-/m1/s1. The summed E-state index contributed by atoms with van der Waals surface area (Å²) in [6, 6.07) is 12.1. The van der Waals surface area contributed by atoms with Gasteiger partial charge in [0.2, 0.25) is 0 Å². The molecule has 0 radical (unpaired) electrons. The van der Waals surface area contributed by atoms with Crippen molar-refractivity contribution in [1.29, 1.82) is 0 Å². The number of carbonyl (C=O) groups is 2. The fourth-order valence-corrected chi connectivity index (χ4v) is 4.45. The lowest BCUT2D eigenvalue weighted by Crippen LogP contribution is -2.32. The Bertz CT molecular complexity index is 1080. The zero-order valence-corrected chi connectivity index (χ0v) is 21.3. The van der Waals surface area contributed by atoms with E-state index in [0.29, 0.717) is 24.3 Å². The average Bonchev–Trinajstić information content (AvgIpc) is 2.99. The molecule has 1 aliphatic heterocycles. The maximum Gasteiger partial charge on any atom is 0.295 e. The first-order valence-electron chi connectivity index (χ1n) is 11.1. The summed E-state index contributed by atoms with van der Waals surface area (Å²) in [6.07, 6.45) is 0.734. The molecule has 1 aliphatic rings. The van der Waals surface area contributed by atoms with Gasteiger partial charge in [0, 0.05) is 16.6 Å². The molecular formula is C26H31BrN2O4. The van der Waals surface area contributed by atoms with Crippen molar-refractivity contribution in [1.82, 2.24) is 9.80 Å². The number of ketones is 1. The third kappa shape index (κ3) is 5.65. The van der Waals surface area contributed by atoms with E-state index in [1.165, 1.54) is 0 Å². The van der Waals surface area contributed by atoms with Gasteiger partial charge in [-0.15, -0.1) is 0 Å². The van der Waals surface area contributed by atoms with Crippen LogP contribution in [0.3, 0.4) is 0 Å². The van der Waals surface area contributed by atoms with Gasteiger partial charge in [0.05, 0.1) is 17.7 Å². The molecule has 0 saturated carbocycles. The Hall–Kier alpha value is -2.64. The number of aryl methyl sites for hydroxylation is 1. The van der Waals surface area contributed by atoms with E-state index >= 15 is 0 Å². The molecule has 176 valence electrons. The maximum atomic E-state index is 13.1. The SMILES string of the molecule is Cc1cc(/C(O)=C2\C(=O)C(=O)N(CCCN(C)C)[C@@H]2c2cccc(Br)c2)ccc1OC(C)C. The predicted octanol–water partition coefficient (Wildman–Crippen LogP) is 4.92. The molecule has 1 saturated heterocycles. The Labute approximate surface area is 204 Å². The summed E-state index contributed by atoms with van der Waals surface area (Å²) in [5, 5.41) is 11.3. The Morgan fingerprint density at radius 2 is 1.91 bits per heavy atom. The molecular weight excluding hydrogens is 484 g/mol. The van der Waals surface area contributed by atoms with Crippen molar-refractivity contribution >= 4 is 33.4 Å². The van der Waals surface area contributed by atoms with E-state index < -0.39 is 17.7 Å². The Kier molecular flexibility index (Phi) is 7.97. The highest BCUT2D eigenvalue weighted by atomic mass is 79.9. The number of aliphatic hydroxyl groups is 1. The number of nitrogens with zero attached hydrogens (tertiary/aromatic N) is 2. The highest BCUT2D eigenvalue weighted by molar-refractivity contribution is 9.10. The molecule has 0 spiro atoms. The number of amides is 1. The van der Waals surface area contributed by atoms with Crippen LogP contribution in [0.4, 0.5) is 0 Å². The van der Waals surface area contributed by atoms with Gasteiger partial charge in [0.15, 0.2) is 0 Å². The summed E-state index contributed by atoms with van der Waals surface area (Å²) in [5.41, 5.74) is 2.20. The first-order valence-corrected chi connectivity index (χ1v) is 11.9. The Morgan fingerprint density at radius 1 is 1.18 bits per heavy atom. The van der Waals surface area contributed by atoms with Gasteiger partial charge in [-0.05, 0) is 89.3 Å². The van der Waals surface area contributed by atoms with Crippen molar-refractivity contribution in [2.75, 3.05) is 27.2 Å². The summed E-state index contributed by atoms with van der Waals surface area (Å²) in [5.74, 6) is -0.707. The maximum absolute atomic E-state index is 13.1. The number of hydrogen-bond acceptors (Lipinski definition) is 5. The topological polar surface area (TPSA) is 70.1 Å². The first-order chi connectivity index (χ1) is 15.6. The zero-order chi connectivity index (χ0) is 24.3. The monoisotopic (exact) mass is 514 g/mol. The number of rotatable bonds is 8. The number of likely N-dealkylation sites (tertiary alicyclic amines) is 1. The van der Waals surface area contributed by atoms with Crippen LogP contribution in [0.15, 0.2) is 52.5 Å². The Balaban J connectivity index is 2.08. The van der Waals surface area contributed by atoms with E-state index in [4.69, 9.17) is 4.74 Å². The number of ether oxygens (including phenoxy) is 1. The zero-order valence-electron chi connectivity index (χ0n) is 19.8. The van der Waals surface area contributed by atoms with Crippen molar-refractivity contribution in [3.05, 3.63) is 69.2 Å². The van der Waals surface area contributed by atoms with Gasteiger partial charge in [-0.25, -0.2) is 0 Å². The van der Waals surface area contributed by atoms with Gasteiger partial charge >= 0.3 is 0 Å². The van der Waals surface area contributed by atoms with Crippen molar-refractivity contribution in [3.63, 3.8) is 0 Å². The van der Waals surface area contributed by atoms with E-state index in [9.17, 15) is 14.7 Å². The van der Waals surface area contributed by atoms with E-state index in [1.54, 1.807) is 23.1 Å². The van der Waals surface area contributed by atoms with Gasteiger partial charge in [0.25, 0.3) is 11.7 Å². The van der Waals surface area contributed by atoms with Gasteiger partial charge in [-0.1, -0.05) is 28.1 Å². The highest BCUT2D eigenvalue weighted by Crippen LogP contribution is 2.40. The predicted molar refractivity (Wildman–Crippen MR) is 133 cm³/mol. The number of benzene rings is 2. The lowest BCUT2D eigenvalue weighted by Gasteiger charge is -2.26. The van der Waals surface area contributed by atoms with Gasteiger partial charge < -0.3 is 19.6 Å². The number of carbonyl (C=O) groups excluding carboxylic acids is 2. The molecule has 0 aliphatic carbocycles. The molecule has 0 aromatic heterocycles. The molecule has 1 fully saturated rings. The van der Waals surface area contributed by atoms with Crippen molar-refractivity contribution in [2.24, 2.45) is 0 Å². The van der Waals surface area contributed by atoms with E-state index in [2.05, 4.69) is 15.9 Å². The molecule has 7 heteroatoms. The fraction of sp³-hybridized carbons (Fsp3) is 0.385. The molecule has 2 aromatic rings. The van der Waals surface area contributed by atoms with E-state index in [0.717, 1.165) is 22.1 Å². The molecule has 1 heterocycles. The number of Topliss-reactive ketones (excluding diaryl/α,β-unsaturated/α-hetero) is 1. The second-order valence-electron chi connectivity index (χ2n) is 8.85. The molecule has 0 unspecified atom stereocenters. The quantitative estimate of drug-likeness (QED) is 0.307. The van der Waals surface area contributed by atoms with Crippen LogP contribution in [0.5, 0.6) is 5.75 Å². The normalized spacial score (nSPS) is 17.9. The van der Waals surface area contributed by atoms with Gasteiger partial charge in [0.1, 0.15) is 11.5 Å². The van der Waals surface area contributed by atoms with Crippen LogP contribution in [-0.4, -0.2) is 59.9 Å². The summed E-state index contributed by atoms with van der Waals surface area (Å²) >= 11 is 3.48. The number of halogens is 1. The fourth-order valence-electron chi connectivity index (χ4n) is 4.03. The summed E-state index contributed by atoms with van der Waals surface area (Å²) in [7, 11) is 3.93. The summed E-state index contributed by atoms with van der Waals surface area (Å²) < 4.78 is 6.63. The van der Waals surface area contributed by atoms with Crippen molar-refractivity contribution in [2.45, 2.75) is 39.3 Å². The lowest BCUT2D eigenvalue weighted by molar-refractivity contribution is -0.139. The van der Waals surface area contributed by atoms with Gasteiger partial charge in [-0.3, -0.25) is 9.59 Å². The minimum atomic E-state index is -0.664. The van der Waals surface area contributed by atoms with Crippen molar-refractivity contribution in [3.8, 4) is 5.75 Å². The van der Waals surface area contributed by atoms with E-state index in [-0.39, 0.29) is 17.4 Å². The van der Waals surface area contributed by atoms with Crippen LogP contribution >= 0.6 is 15.9 Å². The van der Waals surface area contributed by atoms with Crippen LogP contribution < -0.4 is 4.74 Å². The van der Waals surface area contributed by atoms with Gasteiger partial charge in [-0.2, -0.15) is 0 Å². The minimum absolute atomic E-state index is 0.0205. The van der Waals surface area contributed by atoms with Crippen LogP contribution in [0.25, 0.3) is 5.76 Å². The largest absolute Gasteiger partial charge is 0.507 e. The molecule has 2 aromatic carbocycles. The molecule has 3 rings (SSSR count).